The number of aliphatic hydroxyl groups excluding tert-OH is 1. The fourth-order valence-electron chi connectivity index (χ4n) is 2.31. The summed E-state index contributed by atoms with van der Waals surface area (Å²) in [5.74, 6) is -0.361. The van der Waals surface area contributed by atoms with E-state index in [0.717, 1.165) is 6.26 Å². The number of hydrogen-bond acceptors (Lipinski definition) is 4. The molecule has 1 amide bonds. The second kappa shape index (κ2) is 8.73. The third-order valence-corrected chi connectivity index (χ3v) is 4.45. The average Bonchev–Trinajstić information content (AvgIpc) is 2.52. The van der Waals surface area contributed by atoms with Crippen LogP contribution in [0.3, 0.4) is 0 Å². The van der Waals surface area contributed by atoms with Crippen molar-refractivity contribution in [2.45, 2.75) is 12.5 Å². The molecule has 0 heterocycles. The van der Waals surface area contributed by atoms with Gasteiger partial charge in [0.2, 0.25) is 15.9 Å². The first-order valence-electron chi connectivity index (χ1n) is 7.60. The van der Waals surface area contributed by atoms with Gasteiger partial charge in [0, 0.05) is 16.6 Å². The van der Waals surface area contributed by atoms with Gasteiger partial charge in [-0.25, -0.2) is 8.42 Å². The van der Waals surface area contributed by atoms with Gasteiger partial charge in [-0.15, -0.1) is 0 Å². The normalized spacial score (nSPS) is 12.5. The molecule has 0 spiro atoms. The van der Waals surface area contributed by atoms with E-state index in [9.17, 15) is 18.3 Å². The Morgan fingerprint density at radius 2 is 1.77 bits per heavy atom. The molecule has 6 nitrogen and oxygen atoms in total. The molecule has 2 aromatic carbocycles. The number of nitrogens with one attached hydrogen (secondary N) is 2. The molecule has 2 rings (SSSR count). The van der Waals surface area contributed by atoms with Gasteiger partial charge >= 0.3 is 0 Å². The zero-order valence-electron chi connectivity index (χ0n) is 13.9. The van der Waals surface area contributed by atoms with Crippen LogP contribution in [0.5, 0.6) is 0 Å². The minimum absolute atomic E-state index is 0.0306. The van der Waals surface area contributed by atoms with Crippen LogP contribution in [0, 0.1) is 0 Å². The Hall–Kier alpha value is -1.80. The second-order valence-electron chi connectivity index (χ2n) is 5.73. The standard InChI is InChI=1S/C17H18Cl2N2O4S/c1-26(24,25)21-15-5-3-2-4-11(15)8-17(23)20-10-16(22)12-6-13(18)9-14(19)7-12/h2-7,9,16,21-22H,8,10H2,1H3,(H,20,23). The molecule has 0 bridgehead atoms. The summed E-state index contributed by atoms with van der Waals surface area (Å²) in [6.07, 6.45) is 0.0254. The molecule has 1 unspecified atom stereocenters. The van der Waals surface area contributed by atoms with Gasteiger partial charge in [0.15, 0.2) is 0 Å². The van der Waals surface area contributed by atoms with Crippen LogP contribution in [-0.4, -0.2) is 32.2 Å². The molecule has 0 aromatic heterocycles. The quantitative estimate of drug-likeness (QED) is 0.646. The Morgan fingerprint density at radius 1 is 1.15 bits per heavy atom. The van der Waals surface area contributed by atoms with Gasteiger partial charge in [-0.1, -0.05) is 41.4 Å². The van der Waals surface area contributed by atoms with Crippen molar-refractivity contribution in [3.05, 3.63) is 63.6 Å². The highest BCUT2D eigenvalue weighted by molar-refractivity contribution is 7.92. The third kappa shape index (κ3) is 6.49. The van der Waals surface area contributed by atoms with E-state index in [1.54, 1.807) is 42.5 Å². The van der Waals surface area contributed by atoms with E-state index < -0.39 is 16.1 Å². The van der Waals surface area contributed by atoms with Crippen LogP contribution in [0.25, 0.3) is 0 Å². The first-order valence-corrected chi connectivity index (χ1v) is 10.3. The summed E-state index contributed by atoms with van der Waals surface area (Å²) >= 11 is 11.8. The lowest BCUT2D eigenvalue weighted by Crippen LogP contribution is -2.30. The molecule has 0 radical (unpaired) electrons. The number of sulfonamides is 1. The summed E-state index contributed by atoms with van der Waals surface area (Å²) in [5, 5.41) is 13.5. The van der Waals surface area contributed by atoms with Gasteiger partial charge in [-0.05, 0) is 35.4 Å². The van der Waals surface area contributed by atoms with Crippen molar-refractivity contribution in [1.82, 2.24) is 5.32 Å². The number of rotatable bonds is 7. The number of halogens is 2. The Kier molecular flexibility index (Phi) is 6.88. The maximum atomic E-state index is 12.1. The fraction of sp³-hybridized carbons (Fsp3) is 0.235. The number of carbonyl (C=O) groups is 1. The molecule has 0 saturated heterocycles. The van der Waals surface area contributed by atoms with E-state index in [0.29, 0.717) is 26.9 Å². The van der Waals surface area contributed by atoms with Crippen LogP contribution >= 0.6 is 23.2 Å². The summed E-state index contributed by atoms with van der Waals surface area (Å²) in [7, 11) is -3.45. The van der Waals surface area contributed by atoms with E-state index in [1.165, 1.54) is 0 Å². The van der Waals surface area contributed by atoms with Gasteiger partial charge in [0.1, 0.15) is 0 Å². The van der Waals surface area contributed by atoms with E-state index in [-0.39, 0.29) is 18.9 Å². The van der Waals surface area contributed by atoms with E-state index in [4.69, 9.17) is 23.2 Å². The molecular weight excluding hydrogens is 399 g/mol. The van der Waals surface area contributed by atoms with Crippen molar-refractivity contribution in [3.63, 3.8) is 0 Å². The monoisotopic (exact) mass is 416 g/mol. The van der Waals surface area contributed by atoms with Gasteiger partial charge in [-0.3, -0.25) is 9.52 Å². The molecular formula is C17H18Cl2N2O4S. The fourth-order valence-corrected chi connectivity index (χ4v) is 3.45. The molecule has 9 heteroatoms. The zero-order valence-corrected chi connectivity index (χ0v) is 16.2. The molecule has 0 aliphatic carbocycles. The largest absolute Gasteiger partial charge is 0.387 e. The molecule has 1 atom stereocenters. The minimum atomic E-state index is -3.45. The summed E-state index contributed by atoms with van der Waals surface area (Å²) in [6.45, 7) is -0.0306. The number of aliphatic hydroxyl groups is 1. The Labute approximate surface area is 162 Å². The van der Waals surface area contributed by atoms with Crippen LogP contribution in [0.2, 0.25) is 10.0 Å². The lowest BCUT2D eigenvalue weighted by Gasteiger charge is -2.14. The zero-order chi connectivity index (χ0) is 19.3. The van der Waals surface area contributed by atoms with Crippen molar-refractivity contribution < 1.29 is 18.3 Å². The number of amides is 1. The smallest absolute Gasteiger partial charge is 0.229 e. The van der Waals surface area contributed by atoms with Crippen LogP contribution < -0.4 is 10.0 Å². The van der Waals surface area contributed by atoms with E-state index in [1.807, 2.05) is 0 Å². The van der Waals surface area contributed by atoms with Gasteiger partial charge in [0.25, 0.3) is 0 Å². The van der Waals surface area contributed by atoms with Crippen LogP contribution in [0.1, 0.15) is 17.2 Å². The van der Waals surface area contributed by atoms with Crippen molar-refractivity contribution in [2.24, 2.45) is 0 Å². The lowest BCUT2D eigenvalue weighted by atomic mass is 10.1. The third-order valence-electron chi connectivity index (χ3n) is 3.43. The van der Waals surface area contributed by atoms with E-state index >= 15 is 0 Å². The summed E-state index contributed by atoms with van der Waals surface area (Å²) < 4.78 is 25.2. The van der Waals surface area contributed by atoms with Crippen molar-refractivity contribution in [1.29, 1.82) is 0 Å². The SMILES string of the molecule is CS(=O)(=O)Nc1ccccc1CC(=O)NCC(O)c1cc(Cl)cc(Cl)c1. The van der Waals surface area contributed by atoms with Crippen molar-refractivity contribution in [3.8, 4) is 0 Å². The molecule has 2 aromatic rings. The van der Waals surface area contributed by atoms with E-state index in [2.05, 4.69) is 10.0 Å². The molecule has 3 N–H and O–H groups in total. The predicted molar refractivity (Wildman–Crippen MR) is 103 cm³/mol. The number of hydrogen-bond donors (Lipinski definition) is 3. The molecule has 140 valence electrons. The first-order chi connectivity index (χ1) is 12.1. The molecule has 26 heavy (non-hydrogen) atoms. The topological polar surface area (TPSA) is 95.5 Å². The highest BCUT2D eigenvalue weighted by atomic mass is 35.5. The van der Waals surface area contributed by atoms with Crippen LogP contribution in [-0.2, 0) is 21.2 Å². The van der Waals surface area contributed by atoms with Crippen molar-refractivity contribution in [2.75, 3.05) is 17.5 Å². The Bertz CT molecular complexity index is 883. The maximum absolute atomic E-state index is 12.1. The Balaban J connectivity index is 1.99. The van der Waals surface area contributed by atoms with Crippen LogP contribution in [0.4, 0.5) is 5.69 Å². The molecule has 0 aliphatic heterocycles. The second-order valence-corrected chi connectivity index (χ2v) is 8.35. The lowest BCUT2D eigenvalue weighted by molar-refractivity contribution is -0.120. The highest BCUT2D eigenvalue weighted by Gasteiger charge is 2.14. The number of anilines is 1. The van der Waals surface area contributed by atoms with Crippen LogP contribution in [0.15, 0.2) is 42.5 Å². The van der Waals surface area contributed by atoms with Gasteiger partial charge in [-0.2, -0.15) is 0 Å². The predicted octanol–water partition coefficient (Wildman–Crippen LogP) is 2.76. The number of benzene rings is 2. The highest BCUT2D eigenvalue weighted by Crippen LogP contribution is 2.23. The van der Waals surface area contributed by atoms with Crippen molar-refractivity contribution >= 4 is 44.8 Å². The summed E-state index contributed by atoms with van der Waals surface area (Å²) in [6, 6.07) is 11.3. The average molecular weight is 417 g/mol. The molecule has 0 aliphatic rings. The number of para-hydroxylation sites is 1. The number of carbonyl (C=O) groups excluding carboxylic acids is 1. The molecule has 0 fully saturated rings. The Morgan fingerprint density at radius 3 is 2.38 bits per heavy atom. The maximum Gasteiger partial charge on any atom is 0.229 e. The minimum Gasteiger partial charge on any atom is -0.387 e. The van der Waals surface area contributed by atoms with Gasteiger partial charge < -0.3 is 10.4 Å². The first kappa shape index (κ1) is 20.5. The summed E-state index contributed by atoms with van der Waals surface area (Å²) in [5.41, 5.74) is 1.35. The summed E-state index contributed by atoms with van der Waals surface area (Å²) in [4.78, 5) is 12.1. The van der Waals surface area contributed by atoms with Gasteiger partial charge in [0.05, 0.1) is 24.5 Å². The molecule has 0 saturated carbocycles.